The van der Waals surface area contributed by atoms with Gasteiger partial charge in [-0.2, -0.15) is 4.99 Å². The van der Waals surface area contributed by atoms with Crippen LogP contribution in [0.25, 0.3) is 0 Å². The van der Waals surface area contributed by atoms with Crippen LogP contribution in [0.2, 0.25) is 5.02 Å². The van der Waals surface area contributed by atoms with Gasteiger partial charge in [0.15, 0.2) is 0 Å². The van der Waals surface area contributed by atoms with Crippen molar-refractivity contribution in [1.82, 2.24) is 0 Å². The smallest absolute Gasteiger partial charge is 0.339 e. The highest BCUT2D eigenvalue weighted by Gasteiger charge is 2.14. The Balaban J connectivity index is 3.41. The maximum absolute atomic E-state index is 10.8. The third-order valence-corrected chi connectivity index (χ3v) is 2.06. The highest BCUT2D eigenvalue weighted by Crippen LogP contribution is 2.32. The maximum Gasteiger partial charge on any atom is 0.339 e. The lowest BCUT2D eigenvalue weighted by Crippen LogP contribution is -2.00. The maximum atomic E-state index is 10.8. The zero-order valence-electron chi connectivity index (χ0n) is 7.65. The van der Waals surface area contributed by atoms with Gasteiger partial charge in [0, 0.05) is 6.07 Å². The van der Waals surface area contributed by atoms with E-state index in [9.17, 15) is 4.79 Å². The van der Waals surface area contributed by atoms with Gasteiger partial charge >= 0.3 is 5.97 Å². The third-order valence-electron chi connectivity index (χ3n) is 1.67. The molecule has 1 aromatic carbocycles. The van der Waals surface area contributed by atoms with E-state index < -0.39 is 5.97 Å². The number of thiocarbonyl (C=S) groups is 1. The van der Waals surface area contributed by atoms with Gasteiger partial charge in [-0.25, -0.2) is 4.79 Å². The van der Waals surface area contributed by atoms with Crippen LogP contribution in [-0.4, -0.2) is 23.3 Å². The minimum atomic E-state index is -1.12. The topological polar surface area (TPSA) is 58.9 Å². The lowest BCUT2D eigenvalue weighted by atomic mass is 10.2. The number of rotatable bonds is 3. The molecule has 0 heterocycles. The van der Waals surface area contributed by atoms with Crippen molar-refractivity contribution in [2.45, 2.75) is 0 Å². The molecule has 0 bridgehead atoms. The minimum Gasteiger partial charge on any atom is -0.496 e. The molecule has 0 saturated carbocycles. The lowest BCUT2D eigenvalue weighted by molar-refractivity contribution is 0.0693. The van der Waals surface area contributed by atoms with Crippen molar-refractivity contribution in [3.05, 3.63) is 22.7 Å². The van der Waals surface area contributed by atoms with Crippen LogP contribution in [0.5, 0.6) is 5.75 Å². The molecular formula is C9H6ClNO3S. The number of carboxylic acid groups (broad SMARTS) is 1. The lowest BCUT2D eigenvalue weighted by Gasteiger charge is -2.06. The van der Waals surface area contributed by atoms with E-state index in [2.05, 4.69) is 22.4 Å². The summed E-state index contributed by atoms with van der Waals surface area (Å²) in [6, 6.07) is 2.65. The summed E-state index contributed by atoms with van der Waals surface area (Å²) in [6.45, 7) is 0. The number of carbonyl (C=O) groups is 1. The fourth-order valence-electron chi connectivity index (χ4n) is 1.01. The molecule has 0 saturated heterocycles. The van der Waals surface area contributed by atoms with Crippen molar-refractivity contribution in [3.8, 4) is 5.75 Å². The summed E-state index contributed by atoms with van der Waals surface area (Å²) in [7, 11) is 1.36. The largest absolute Gasteiger partial charge is 0.496 e. The van der Waals surface area contributed by atoms with Crippen LogP contribution in [0.4, 0.5) is 5.69 Å². The molecule has 78 valence electrons. The summed E-state index contributed by atoms with van der Waals surface area (Å²) in [5, 5.41) is 11.2. The van der Waals surface area contributed by atoms with Crippen LogP contribution >= 0.6 is 23.8 Å². The Kier molecular flexibility index (Phi) is 3.80. The van der Waals surface area contributed by atoms with Crippen LogP contribution in [0.3, 0.4) is 0 Å². The molecule has 1 aromatic rings. The number of nitrogens with zero attached hydrogens (tertiary/aromatic N) is 1. The first-order valence-corrected chi connectivity index (χ1v) is 4.57. The molecule has 1 rings (SSSR count). The van der Waals surface area contributed by atoms with Gasteiger partial charge in [0.05, 0.1) is 23.0 Å². The zero-order chi connectivity index (χ0) is 11.4. The SMILES string of the molecule is COc1cc(N=C=S)c(Cl)cc1C(=O)O. The first kappa shape index (κ1) is 11.7. The number of carboxylic acids is 1. The highest BCUT2D eigenvalue weighted by molar-refractivity contribution is 7.78. The van der Waals surface area contributed by atoms with Crippen LogP contribution in [0.1, 0.15) is 10.4 Å². The molecule has 1 N–H and O–H groups in total. The normalized spacial score (nSPS) is 9.20. The summed E-state index contributed by atoms with van der Waals surface area (Å²) in [6.07, 6.45) is 0. The van der Waals surface area contributed by atoms with E-state index in [0.29, 0.717) is 5.69 Å². The molecule has 0 atom stereocenters. The molecule has 0 fully saturated rings. The molecule has 0 radical (unpaired) electrons. The van der Waals surface area contributed by atoms with E-state index >= 15 is 0 Å². The quantitative estimate of drug-likeness (QED) is 0.655. The van der Waals surface area contributed by atoms with E-state index in [0.717, 1.165) is 0 Å². The number of methoxy groups -OCH3 is 1. The number of halogens is 1. The Morgan fingerprint density at radius 1 is 1.67 bits per heavy atom. The molecule has 0 aromatic heterocycles. The number of hydrogen-bond acceptors (Lipinski definition) is 4. The van der Waals surface area contributed by atoms with Gasteiger partial charge in [0.2, 0.25) is 0 Å². The number of isothiocyanates is 1. The second-order valence-electron chi connectivity index (χ2n) is 2.51. The standard InChI is InChI=1S/C9H6ClNO3S/c1-14-8-3-7(11-4-15)6(10)2-5(8)9(12)13/h2-3H,1H3,(H,12,13). The summed E-state index contributed by atoms with van der Waals surface area (Å²) in [5.41, 5.74) is 0.305. The van der Waals surface area contributed by atoms with Gasteiger partial charge in [-0.1, -0.05) is 11.6 Å². The Labute approximate surface area is 96.2 Å². The van der Waals surface area contributed by atoms with Crippen molar-refractivity contribution >= 4 is 40.6 Å². The average Bonchev–Trinajstić information content (AvgIpc) is 2.20. The summed E-state index contributed by atoms with van der Waals surface area (Å²) >= 11 is 10.2. The molecule has 0 aliphatic rings. The van der Waals surface area contributed by atoms with Gasteiger partial charge in [0.1, 0.15) is 11.3 Å². The van der Waals surface area contributed by atoms with E-state index in [1.165, 1.54) is 19.2 Å². The van der Waals surface area contributed by atoms with Crippen LogP contribution in [-0.2, 0) is 0 Å². The summed E-state index contributed by atoms with van der Waals surface area (Å²) in [4.78, 5) is 14.5. The third kappa shape index (κ3) is 2.53. The Bertz CT molecular complexity index is 455. The Morgan fingerprint density at radius 2 is 2.33 bits per heavy atom. The fraction of sp³-hybridized carbons (Fsp3) is 0.111. The summed E-state index contributed by atoms with van der Waals surface area (Å²) < 4.78 is 4.89. The van der Waals surface area contributed by atoms with E-state index in [-0.39, 0.29) is 16.3 Å². The molecule has 0 aliphatic heterocycles. The number of ether oxygens (including phenoxy) is 1. The predicted molar refractivity (Wildman–Crippen MR) is 59.6 cm³/mol. The number of hydrogen-bond donors (Lipinski definition) is 1. The van der Waals surface area contributed by atoms with Crippen molar-refractivity contribution in [2.75, 3.05) is 7.11 Å². The van der Waals surface area contributed by atoms with Crippen molar-refractivity contribution in [2.24, 2.45) is 4.99 Å². The van der Waals surface area contributed by atoms with Gasteiger partial charge in [-0.05, 0) is 18.3 Å². The first-order chi connectivity index (χ1) is 7.10. The van der Waals surface area contributed by atoms with Crippen LogP contribution < -0.4 is 4.74 Å². The predicted octanol–water partition coefficient (Wildman–Crippen LogP) is 2.78. The van der Waals surface area contributed by atoms with Gasteiger partial charge in [-0.15, -0.1) is 0 Å². The second kappa shape index (κ2) is 4.89. The molecule has 0 aliphatic carbocycles. The monoisotopic (exact) mass is 243 g/mol. The molecule has 0 spiro atoms. The second-order valence-corrected chi connectivity index (χ2v) is 3.10. The highest BCUT2D eigenvalue weighted by atomic mass is 35.5. The fourth-order valence-corrected chi connectivity index (χ4v) is 1.32. The van der Waals surface area contributed by atoms with E-state index in [1.54, 1.807) is 0 Å². The number of benzene rings is 1. The van der Waals surface area contributed by atoms with Crippen LogP contribution in [0, 0.1) is 0 Å². The van der Waals surface area contributed by atoms with Crippen molar-refractivity contribution in [1.29, 1.82) is 0 Å². The van der Waals surface area contributed by atoms with E-state index in [1.807, 2.05) is 0 Å². The van der Waals surface area contributed by atoms with Gasteiger partial charge < -0.3 is 9.84 Å². The minimum absolute atomic E-state index is 0.0224. The molecule has 0 amide bonds. The molecule has 0 unspecified atom stereocenters. The number of aromatic carboxylic acids is 1. The van der Waals surface area contributed by atoms with Crippen molar-refractivity contribution in [3.63, 3.8) is 0 Å². The van der Waals surface area contributed by atoms with Gasteiger partial charge in [0.25, 0.3) is 0 Å². The molecule has 4 nitrogen and oxygen atoms in total. The molecule has 15 heavy (non-hydrogen) atoms. The molecule has 6 heteroatoms. The average molecular weight is 244 g/mol. The summed E-state index contributed by atoms with van der Waals surface area (Å²) in [5.74, 6) is -0.942. The first-order valence-electron chi connectivity index (χ1n) is 3.79. The Morgan fingerprint density at radius 3 is 2.80 bits per heavy atom. The molecular weight excluding hydrogens is 238 g/mol. The van der Waals surface area contributed by atoms with Gasteiger partial charge in [-0.3, -0.25) is 0 Å². The van der Waals surface area contributed by atoms with Crippen molar-refractivity contribution < 1.29 is 14.6 Å². The Hall–Kier alpha value is -1.42. The number of aliphatic imine (C=N–C) groups is 1. The van der Waals surface area contributed by atoms with Crippen LogP contribution in [0.15, 0.2) is 17.1 Å². The zero-order valence-corrected chi connectivity index (χ0v) is 9.22. The van der Waals surface area contributed by atoms with E-state index in [4.69, 9.17) is 21.4 Å².